The molecule has 0 saturated carbocycles. The molecule has 0 amide bonds. The van der Waals surface area contributed by atoms with Crippen LogP contribution in [0.4, 0.5) is 0 Å². The Morgan fingerprint density at radius 3 is 1.67 bits per heavy atom. The van der Waals surface area contributed by atoms with E-state index in [1.807, 2.05) is 0 Å². The number of benzene rings is 2. The van der Waals surface area contributed by atoms with Crippen LogP contribution in [0.5, 0.6) is 0 Å². The minimum atomic E-state index is 0.509. The van der Waals surface area contributed by atoms with Crippen LogP contribution in [0.25, 0.3) is 22.6 Å². The third kappa shape index (κ3) is 4.16. The van der Waals surface area contributed by atoms with Gasteiger partial charge in [0.05, 0.1) is 5.69 Å². The second-order valence-electron chi connectivity index (χ2n) is 8.54. The lowest BCUT2D eigenvalue weighted by Crippen LogP contribution is -1.95. The third-order valence-corrected chi connectivity index (χ3v) is 5.32. The van der Waals surface area contributed by atoms with Crippen LogP contribution in [-0.2, 0) is 7.05 Å². The van der Waals surface area contributed by atoms with Gasteiger partial charge in [0, 0.05) is 24.4 Å². The molecule has 3 aromatic rings. The largest absolute Gasteiger partial charge is 0.333 e. The predicted molar refractivity (Wildman–Crippen MR) is 116 cm³/mol. The van der Waals surface area contributed by atoms with Gasteiger partial charge in [-0.1, -0.05) is 71.9 Å². The van der Waals surface area contributed by atoms with E-state index in [1.54, 1.807) is 0 Å². The van der Waals surface area contributed by atoms with E-state index < -0.39 is 0 Å². The standard InChI is InChI=1S/C25H32N2/c1-16(2)19-8-10-20(11-9-19)25-26-24(15-27(25)7)23-13-21(17(3)4)12-22(14-23)18(5)6/h8-18H,1-7H3. The minimum absolute atomic E-state index is 0.509. The molecule has 0 aliphatic rings. The van der Waals surface area contributed by atoms with Gasteiger partial charge in [-0.25, -0.2) is 4.98 Å². The topological polar surface area (TPSA) is 17.8 Å². The van der Waals surface area contributed by atoms with Crippen molar-refractivity contribution < 1.29 is 0 Å². The number of aryl methyl sites for hydroxylation is 1. The van der Waals surface area contributed by atoms with Crippen LogP contribution in [0.3, 0.4) is 0 Å². The van der Waals surface area contributed by atoms with E-state index in [-0.39, 0.29) is 0 Å². The third-order valence-electron chi connectivity index (χ3n) is 5.32. The van der Waals surface area contributed by atoms with Gasteiger partial charge >= 0.3 is 0 Å². The molecule has 142 valence electrons. The second-order valence-corrected chi connectivity index (χ2v) is 8.54. The zero-order valence-electron chi connectivity index (χ0n) is 17.7. The average molecular weight is 361 g/mol. The van der Waals surface area contributed by atoms with Crippen molar-refractivity contribution >= 4 is 0 Å². The van der Waals surface area contributed by atoms with Gasteiger partial charge in [0.15, 0.2) is 0 Å². The highest BCUT2D eigenvalue weighted by molar-refractivity contribution is 5.67. The van der Waals surface area contributed by atoms with Gasteiger partial charge in [0.1, 0.15) is 5.82 Å². The summed E-state index contributed by atoms with van der Waals surface area (Å²) in [7, 11) is 2.08. The number of imidazole rings is 1. The minimum Gasteiger partial charge on any atom is -0.333 e. The molecule has 0 saturated heterocycles. The summed E-state index contributed by atoms with van der Waals surface area (Å²) >= 11 is 0. The van der Waals surface area contributed by atoms with Crippen molar-refractivity contribution in [3.05, 3.63) is 65.4 Å². The summed E-state index contributed by atoms with van der Waals surface area (Å²) in [6.45, 7) is 13.5. The van der Waals surface area contributed by atoms with Crippen molar-refractivity contribution in [1.29, 1.82) is 0 Å². The van der Waals surface area contributed by atoms with Crippen LogP contribution in [-0.4, -0.2) is 9.55 Å². The lowest BCUT2D eigenvalue weighted by molar-refractivity contribution is 0.834. The Kier molecular flexibility index (Phi) is 5.55. The molecule has 2 nitrogen and oxygen atoms in total. The van der Waals surface area contributed by atoms with Gasteiger partial charge in [-0.05, 0) is 46.6 Å². The van der Waals surface area contributed by atoms with Crippen LogP contribution in [0, 0.1) is 0 Å². The van der Waals surface area contributed by atoms with E-state index >= 15 is 0 Å². The lowest BCUT2D eigenvalue weighted by Gasteiger charge is -2.13. The summed E-state index contributed by atoms with van der Waals surface area (Å²) in [5, 5.41) is 0. The Labute approximate surface area is 164 Å². The monoisotopic (exact) mass is 360 g/mol. The van der Waals surface area contributed by atoms with Crippen molar-refractivity contribution in [1.82, 2.24) is 9.55 Å². The van der Waals surface area contributed by atoms with E-state index in [2.05, 4.69) is 102 Å². The Morgan fingerprint density at radius 1 is 0.667 bits per heavy atom. The number of nitrogens with zero attached hydrogens (tertiary/aromatic N) is 2. The molecule has 27 heavy (non-hydrogen) atoms. The van der Waals surface area contributed by atoms with Crippen LogP contribution in [0.1, 0.15) is 76.0 Å². The van der Waals surface area contributed by atoms with Crippen molar-refractivity contribution in [3.8, 4) is 22.6 Å². The fraction of sp³-hybridized carbons (Fsp3) is 0.400. The number of aromatic nitrogens is 2. The number of hydrogen-bond donors (Lipinski definition) is 0. The van der Waals surface area contributed by atoms with Gasteiger partial charge in [-0.2, -0.15) is 0 Å². The lowest BCUT2D eigenvalue weighted by atomic mass is 9.92. The van der Waals surface area contributed by atoms with Crippen LogP contribution < -0.4 is 0 Å². The maximum absolute atomic E-state index is 4.99. The molecule has 0 spiro atoms. The molecule has 0 unspecified atom stereocenters. The predicted octanol–water partition coefficient (Wildman–Crippen LogP) is 7.12. The molecule has 0 bridgehead atoms. The van der Waals surface area contributed by atoms with Crippen molar-refractivity contribution in [2.24, 2.45) is 7.05 Å². The number of hydrogen-bond acceptors (Lipinski definition) is 1. The Bertz CT molecular complexity index is 886. The molecular formula is C25H32N2. The normalized spacial score (nSPS) is 11.8. The van der Waals surface area contributed by atoms with Crippen molar-refractivity contribution in [3.63, 3.8) is 0 Å². The molecular weight excluding hydrogens is 328 g/mol. The van der Waals surface area contributed by atoms with E-state index in [0.717, 1.165) is 17.1 Å². The second kappa shape index (κ2) is 7.72. The average Bonchev–Trinajstić information content (AvgIpc) is 3.03. The summed E-state index contributed by atoms with van der Waals surface area (Å²) in [5.41, 5.74) is 7.54. The molecule has 0 aliphatic carbocycles. The fourth-order valence-electron chi connectivity index (χ4n) is 3.38. The number of rotatable bonds is 5. The van der Waals surface area contributed by atoms with E-state index in [4.69, 9.17) is 4.98 Å². The van der Waals surface area contributed by atoms with Gasteiger partial charge < -0.3 is 4.57 Å². The first-order valence-corrected chi connectivity index (χ1v) is 10.0. The first-order chi connectivity index (χ1) is 12.8. The quantitative estimate of drug-likeness (QED) is 0.473. The summed E-state index contributed by atoms with van der Waals surface area (Å²) in [6, 6.07) is 15.7. The highest BCUT2D eigenvalue weighted by Crippen LogP contribution is 2.30. The molecule has 0 atom stereocenters. The first-order valence-electron chi connectivity index (χ1n) is 10.0. The summed E-state index contributed by atoms with van der Waals surface area (Å²) in [4.78, 5) is 4.99. The molecule has 2 heteroatoms. The first kappa shape index (κ1) is 19.4. The summed E-state index contributed by atoms with van der Waals surface area (Å²) in [5.74, 6) is 2.58. The Balaban J connectivity index is 2.03. The van der Waals surface area contributed by atoms with Crippen LogP contribution in [0.15, 0.2) is 48.7 Å². The molecule has 0 N–H and O–H groups in total. The highest BCUT2D eigenvalue weighted by Gasteiger charge is 2.13. The Morgan fingerprint density at radius 2 is 1.19 bits per heavy atom. The summed E-state index contributed by atoms with van der Waals surface area (Å²) < 4.78 is 2.14. The Hall–Kier alpha value is -2.35. The van der Waals surface area contributed by atoms with Crippen molar-refractivity contribution in [2.45, 2.75) is 59.3 Å². The molecule has 1 aromatic heterocycles. The SMILES string of the molecule is CC(C)c1ccc(-c2nc(-c3cc(C(C)C)cc(C(C)C)c3)cn2C)cc1. The maximum atomic E-state index is 4.99. The molecule has 3 rings (SSSR count). The maximum Gasteiger partial charge on any atom is 0.140 e. The van der Waals surface area contributed by atoms with Gasteiger partial charge in [0.25, 0.3) is 0 Å². The summed E-state index contributed by atoms with van der Waals surface area (Å²) in [6.07, 6.45) is 2.15. The van der Waals surface area contributed by atoms with E-state index in [1.165, 1.54) is 22.3 Å². The smallest absolute Gasteiger partial charge is 0.140 e. The van der Waals surface area contributed by atoms with Crippen LogP contribution >= 0.6 is 0 Å². The fourth-order valence-corrected chi connectivity index (χ4v) is 3.38. The zero-order chi connectivity index (χ0) is 19.7. The molecule has 2 aromatic carbocycles. The molecule has 0 aliphatic heterocycles. The highest BCUT2D eigenvalue weighted by atomic mass is 15.0. The molecule has 1 heterocycles. The van der Waals surface area contributed by atoms with E-state index in [9.17, 15) is 0 Å². The van der Waals surface area contributed by atoms with Crippen molar-refractivity contribution in [2.75, 3.05) is 0 Å². The molecule has 0 fully saturated rings. The molecule has 0 radical (unpaired) electrons. The van der Waals surface area contributed by atoms with Gasteiger partial charge in [-0.15, -0.1) is 0 Å². The van der Waals surface area contributed by atoms with Crippen LogP contribution in [0.2, 0.25) is 0 Å². The van der Waals surface area contributed by atoms with Gasteiger partial charge in [-0.3, -0.25) is 0 Å². The zero-order valence-corrected chi connectivity index (χ0v) is 17.7. The van der Waals surface area contributed by atoms with Gasteiger partial charge in [0.2, 0.25) is 0 Å². The van der Waals surface area contributed by atoms with E-state index in [0.29, 0.717) is 17.8 Å².